The first-order valence-electron chi connectivity index (χ1n) is 6.23. The second-order valence-corrected chi connectivity index (χ2v) is 5.07. The third-order valence-corrected chi connectivity index (χ3v) is 3.95. The molecule has 0 atom stereocenters. The van der Waals surface area contributed by atoms with Gasteiger partial charge in [0.15, 0.2) is 5.82 Å². The molecule has 94 valence electrons. The number of hydrogen-bond donors (Lipinski definition) is 2. The van der Waals surface area contributed by atoms with Gasteiger partial charge in [-0.3, -0.25) is 0 Å². The minimum atomic E-state index is 0.339. The standard InChI is InChI=1S/C12H19ClN4/c1-2-8-3-5-9(6-4-8)17-12-10(13)11(14)15-7-16-12/h7-9H,2-6H2,1H3,(H3,14,15,16,17). The van der Waals surface area contributed by atoms with Crippen LogP contribution in [0.5, 0.6) is 0 Å². The monoisotopic (exact) mass is 254 g/mol. The molecule has 0 amide bonds. The van der Waals surface area contributed by atoms with E-state index in [1.54, 1.807) is 0 Å². The Morgan fingerprint density at radius 2 is 2.06 bits per heavy atom. The fourth-order valence-electron chi connectivity index (χ4n) is 2.39. The van der Waals surface area contributed by atoms with Gasteiger partial charge in [0.25, 0.3) is 0 Å². The molecule has 4 nitrogen and oxygen atoms in total. The van der Waals surface area contributed by atoms with Gasteiger partial charge in [0.05, 0.1) is 0 Å². The Morgan fingerprint density at radius 1 is 1.35 bits per heavy atom. The summed E-state index contributed by atoms with van der Waals surface area (Å²) in [6.07, 6.45) is 7.66. The van der Waals surface area contributed by atoms with Gasteiger partial charge in [0, 0.05) is 6.04 Å². The fourth-order valence-corrected chi connectivity index (χ4v) is 2.54. The molecule has 0 radical (unpaired) electrons. The van der Waals surface area contributed by atoms with Crippen LogP contribution in [0.4, 0.5) is 11.6 Å². The summed E-state index contributed by atoms with van der Waals surface area (Å²) in [4.78, 5) is 7.99. The SMILES string of the molecule is CCC1CCC(Nc2ncnc(N)c2Cl)CC1. The number of rotatable bonds is 3. The molecule has 1 aliphatic carbocycles. The third kappa shape index (κ3) is 3.00. The Labute approximate surface area is 107 Å². The van der Waals surface area contributed by atoms with Crippen molar-refractivity contribution in [3.8, 4) is 0 Å². The lowest BCUT2D eigenvalue weighted by Crippen LogP contribution is -2.26. The van der Waals surface area contributed by atoms with Gasteiger partial charge in [-0.05, 0) is 31.6 Å². The first kappa shape index (κ1) is 12.4. The molecule has 0 saturated heterocycles. The Bertz CT molecular complexity index is 375. The van der Waals surface area contributed by atoms with E-state index in [0.717, 1.165) is 5.92 Å². The Hall–Kier alpha value is -1.03. The molecule has 2 rings (SSSR count). The van der Waals surface area contributed by atoms with Crippen molar-refractivity contribution in [3.63, 3.8) is 0 Å². The van der Waals surface area contributed by atoms with Crippen molar-refractivity contribution in [2.24, 2.45) is 5.92 Å². The molecule has 1 aromatic rings. The Kier molecular flexibility index (Phi) is 4.05. The van der Waals surface area contributed by atoms with Crippen LogP contribution in [0, 0.1) is 5.92 Å². The summed E-state index contributed by atoms with van der Waals surface area (Å²) in [5.74, 6) is 1.89. The first-order valence-corrected chi connectivity index (χ1v) is 6.61. The van der Waals surface area contributed by atoms with E-state index < -0.39 is 0 Å². The van der Waals surface area contributed by atoms with Crippen LogP contribution in [0.25, 0.3) is 0 Å². The zero-order valence-corrected chi connectivity index (χ0v) is 10.9. The van der Waals surface area contributed by atoms with E-state index in [4.69, 9.17) is 17.3 Å². The van der Waals surface area contributed by atoms with Crippen molar-refractivity contribution < 1.29 is 0 Å². The van der Waals surface area contributed by atoms with E-state index in [0.29, 0.717) is 22.7 Å². The quantitative estimate of drug-likeness (QED) is 0.870. The molecule has 17 heavy (non-hydrogen) atoms. The highest BCUT2D eigenvalue weighted by molar-refractivity contribution is 6.35. The average Bonchev–Trinajstić information content (AvgIpc) is 2.36. The van der Waals surface area contributed by atoms with E-state index in [9.17, 15) is 0 Å². The summed E-state index contributed by atoms with van der Waals surface area (Å²) in [6, 6.07) is 0.463. The van der Waals surface area contributed by atoms with Crippen LogP contribution in [-0.4, -0.2) is 16.0 Å². The Morgan fingerprint density at radius 3 is 2.71 bits per heavy atom. The second kappa shape index (κ2) is 5.54. The van der Waals surface area contributed by atoms with Crippen molar-refractivity contribution in [2.75, 3.05) is 11.1 Å². The topological polar surface area (TPSA) is 63.8 Å². The van der Waals surface area contributed by atoms with Gasteiger partial charge >= 0.3 is 0 Å². The van der Waals surface area contributed by atoms with Gasteiger partial charge < -0.3 is 11.1 Å². The lowest BCUT2D eigenvalue weighted by Gasteiger charge is -2.28. The molecule has 1 saturated carbocycles. The number of aromatic nitrogens is 2. The van der Waals surface area contributed by atoms with Crippen molar-refractivity contribution in [3.05, 3.63) is 11.3 Å². The van der Waals surface area contributed by atoms with E-state index in [2.05, 4.69) is 22.2 Å². The second-order valence-electron chi connectivity index (χ2n) is 4.69. The summed E-state index contributed by atoms with van der Waals surface area (Å²) in [5.41, 5.74) is 5.65. The number of nitrogen functional groups attached to an aromatic ring is 1. The van der Waals surface area contributed by atoms with Crippen LogP contribution in [0.15, 0.2) is 6.33 Å². The van der Waals surface area contributed by atoms with Crippen LogP contribution < -0.4 is 11.1 Å². The van der Waals surface area contributed by atoms with Crippen LogP contribution in [0.2, 0.25) is 5.02 Å². The van der Waals surface area contributed by atoms with Gasteiger partial charge in [-0.2, -0.15) is 0 Å². The molecule has 5 heteroatoms. The van der Waals surface area contributed by atoms with Crippen LogP contribution >= 0.6 is 11.6 Å². The lowest BCUT2D eigenvalue weighted by atomic mass is 9.84. The molecule has 1 aromatic heterocycles. The van der Waals surface area contributed by atoms with Gasteiger partial charge in [-0.15, -0.1) is 0 Å². The van der Waals surface area contributed by atoms with Crippen LogP contribution in [0.3, 0.4) is 0 Å². The van der Waals surface area contributed by atoms with Crippen molar-refractivity contribution in [1.29, 1.82) is 0 Å². The zero-order chi connectivity index (χ0) is 12.3. The normalized spacial score (nSPS) is 24.6. The smallest absolute Gasteiger partial charge is 0.150 e. The molecule has 0 aliphatic heterocycles. The number of hydrogen-bond acceptors (Lipinski definition) is 4. The predicted octanol–water partition coefficient (Wildman–Crippen LogP) is 3.09. The predicted molar refractivity (Wildman–Crippen MR) is 71.1 cm³/mol. The zero-order valence-electron chi connectivity index (χ0n) is 10.1. The minimum Gasteiger partial charge on any atom is -0.382 e. The van der Waals surface area contributed by atoms with Gasteiger partial charge in [-0.1, -0.05) is 24.9 Å². The minimum absolute atomic E-state index is 0.339. The van der Waals surface area contributed by atoms with Crippen LogP contribution in [-0.2, 0) is 0 Å². The number of nitrogens with two attached hydrogens (primary N) is 1. The molecule has 1 fully saturated rings. The highest BCUT2D eigenvalue weighted by Crippen LogP contribution is 2.30. The number of halogens is 1. The average molecular weight is 255 g/mol. The summed E-state index contributed by atoms with van der Waals surface area (Å²) < 4.78 is 0. The summed E-state index contributed by atoms with van der Waals surface area (Å²) in [5, 5.41) is 3.81. The van der Waals surface area contributed by atoms with Crippen molar-refractivity contribution in [1.82, 2.24) is 9.97 Å². The summed E-state index contributed by atoms with van der Waals surface area (Å²) >= 11 is 6.06. The molecule has 1 heterocycles. The highest BCUT2D eigenvalue weighted by Gasteiger charge is 2.21. The molecule has 0 aromatic carbocycles. The van der Waals surface area contributed by atoms with Crippen molar-refractivity contribution in [2.45, 2.75) is 45.1 Å². The molecular weight excluding hydrogens is 236 g/mol. The highest BCUT2D eigenvalue weighted by atomic mass is 35.5. The molecular formula is C12H19ClN4. The molecule has 1 aliphatic rings. The van der Waals surface area contributed by atoms with E-state index in [1.807, 2.05) is 0 Å². The van der Waals surface area contributed by atoms with Crippen LogP contribution in [0.1, 0.15) is 39.0 Å². The van der Waals surface area contributed by atoms with Gasteiger partial charge in [0.1, 0.15) is 17.2 Å². The van der Waals surface area contributed by atoms with Gasteiger partial charge in [0.2, 0.25) is 0 Å². The molecule has 3 N–H and O–H groups in total. The summed E-state index contributed by atoms with van der Waals surface area (Å²) in [6.45, 7) is 2.26. The van der Waals surface area contributed by atoms with Crippen molar-refractivity contribution >= 4 is 23.2 Å². The first-order chi connectivity index (χ1) is 8.20. The molecule has 0 spiro atoms. The maximum absolute atomic E-state index is 6.06. The number of nitrogens with zero attached hydrogens (tertiary/aromatic N) is 2. The van der Waals surface area contributed by atoms with E-state index in [1.165, 1.54) is 38.4 Å². The largest absolute Gasteiger partial charge is 0.382 e. The Balaban J connectivity index is 1.95. The fraction of sp³-hybridized carbons (Fsp3) is 0.667. The van der Waals surface area contributed by atoms with E-state index in [-0.39, 0.29) is 0 Å². The maximum Gasteiger partial charge on any atom is 0.150 e. The van der Waals surface area contributed by atoms with Gasteiger partial charge in [-0.25, -0.2) is 9.97 Å². The van der Waals surface area contributed by atoms with E-state index >= 15 is 0 Å². The lowest BCUT2D eigenvalue weighted by molar-refractivity contribution is 0.330. The third-order valence-electron chi connectivity index (χ3n) is 3.58. The maximum atomic E-state index is 6.06. The summed E-state index contributed by atoms with van der Waals surface area (Å²) in [7, 11) is 0. The number of nitrogens with one attached hydrogen (secondary N) is 1. The number of anilines is 2. The molecule has 0 bridgehead atoms. The molecule has 0 unspecified atom stereocenters.